The highest BCUT2D eigenvalue weighted by atomic mass is 16.6. The summed E-state index contributed by atoms with van der Waals surface area (Å²) in [6, 6.07) is 13.4. The Morgan fingerprint density at radius 1 is 1.05 bits per heavy atom. The monoisotopic (exact) mass is 298 g/mol. The Bertz CT molecular complexity index is 630. The van der Waals surface area contributed by atoms with Gasteiger partial charge in [-0.1, -0.05) is 37.6 Å². The largest absolute Gasteiger partial charge is 0.482 e. The summed E-state index contributed by atoms with van der Waals surface area (Å²) in [5.41, 5.74) is 3.42. The fourth-order valence-electron chi connectivity index (χ4n) is 2.19. The normalized spacial score (nSPS) is 10.3. The molecule has 0 saturated carbocycles. The van der Waals surface area contributed by atoms with Crippen LogP contribution < -0.4 is 9.47 Å². The van der Waals surface area contributed by atoms with Gasteiger partial charge in [-0.25, -0.2) is 4.79 Å². The summed E-state index contributed by atoms with van der Waals surface area (Å²) in [6.07, 6.45) is 2.13. The summed E-state index contributed by atoms with van der Waals surface area (Å²) >= 11 is 0. The number of hydrogen-bond donors (Lipinski definition) is 0. The first kappa shape index (κ1) is 16.1. The number of carbonyl (C=O) groups is 1. The van der Waals surface area contributed by atoms with Crippen LogP contribution in [0.15, 0.2) is 42.5 Å². The molecule has 116 valence electrons. The molecule has 3 nitrogen and oxygen atoms in total. The van der Waals surface area contributed by atoms with Crippen molar-refractivity contribution >= 4 is 5.97 Å². The van der Waals surface area contributed by atoms with Gasteiger partial charge >= 0.3 is 5.97 Å². The maximum atomic E-state index is 11.8. The van der Waals surface area contributed by atoms with Crippen LogP contribution in [0.2, 0.25) is 0 Å². The molecule has 2 rings (SSSR count). The average Bonchev–Trinajstić information content (AvgIpc) is 2.51. The quantitative estimate of drug-likeness (QED) is 0.591. The number of ether oxygens (including phenoxy) is 2. The van der Waals surface area contributed by atoms with Gasteiger partial charge in [-0.3, -0.25) is 0 Å². The summed E-state index contributed by atoms with van der Waals surface area (Å²) < 4.78 is 10.8. The van der Waals surface area contributed by atoms with E-state index >= 15 is 0 Å². The van der Waals surface area contributed by atoms with Crippen LogP contribution in [0.1, 0.15) is 30.0 Å². The van der Waals surface area contributed by atoms with E-state index in [0.717, 1.165) is 29.7 Å². The predicted octanol–water partition coefficient (Wildman–Crippen LogP) is 4.24. The number of rotatable bonds is 6. The highest BCUT2D eigenvalue weighted by molar-refractivity contribution is 5.74. The molecule has 2 aromatic carbocycles. The Morgan fingerprint density at radius 3 is 2.45 bits per heavy atom. The second-order valence-electron chi connectivity index (χ2n) is 5.35. The van der Waals surface area contributed by atoms with Crippen LogP contribution in [0.25, 0.3) is 0 Å². The molecule has 0 spiro atoms. The lowest BCUT2D eigenvalue weighted by Crippen LogP contribution is -2.18. The van der Waals surface area contributed by atoms with Gasteiger partial charge < -0.3 is 9.47 Å². The van der Waals surface area contributed by atoms with E-state index in [2.05, 4.69) is 6.92 Å². The van der Waals surface area contributed by atoms with Gasteiger partial charge in [-0.05, 0) is 55.2 Å². The topological polar surface area (TPSA) is 35.5 Å². The average molecular weight is 298 g/mol. The molecule has 0 aromatic heterocycles. The van der Waals surface area contributed by atoms with E-state index in [9.17, 15) is 4.79 Å². The second kappa shape index (κ2) is 7.64. The van der Waals surface area contributed by atoms with Crippen LogP contribution in [0.4, 0.5) is 0 Å². The first-order valence-electron chi connectivity index (χ1n) is 7.58. The standard InChI is InChI=1S/C19H22O3/c1-4-6-16-9-11-17(12-10-16)22-19(20)13-21-18-8-5-7-14(2)15(18)3/h5,7-12H,4,6,13H2,1-3H3. The van der Waals surface area contributed by atoms with Gasteiger partial charge in [0.2, 0.25) is 0 Å². The first-order chi connectivity index (χ1) is 10.6. The Hall–Kier alpha value is -2.29. The maximum absolute atomic E-state index is 11.8. The minimum absolute atomic E-state index is 0.0962. The van der Waals surface area contributed by atoms with Crippen LogP contribution in [0, 0.1) is 13.8 Å². The van der Waals surface area contributed by atoms with Crippen molar-refractivity contribution < 1.29 is 14.3 Å². The third kappa shape index (κ3) is 4.35. The lowest BCUT2D eigenvalue weighted by molar-refractivity contribution is -0.136. The Labute approximate surface area is 131 Å². The highest BCUT2D eigenvalue weighted by Gasteiger charge is 2.08. The number of carbonyl (C=O) groups excluding carboxylic acids is 1. The molecule has 0 amide bonds. The zero-order valence-electron chi connectivity index (χ0n) is 13.4. The molecular weight excluding hydrogens is 276 g/mol. The number of esters is 1. The zero-order chi connectivity index (χ0) is 15.9. The fraction of sp³-hybridized carbons (Fsp3) is 0.316. The minimum atomic E-state index is -0.399. The summed E-state index contributed by atoms with van der Waals surface area (Å²) in [7, 11) is 0. The third-order valence-corrected chi connectivity index (χ3v) is 3.59. The fourth-order valence-corrected chi connectivity index (χ4v) is 2.19. The molecular formula is C19H22O3. The molecule has 2 aromatic rings. The van der Waals surface area contributed by atoms with E-state index in [1.807, 2.05) is 56.3 Å². The van der Waals surface area contributed by atoms with Gasteiger partial charge in [0.05, 0.1) is 0 Å². The van der Waals surface area contributed by atoms with Gasteiger partial charge in [0.25, 0.3) is 0 Å². The van der Waals surface area contributed by atoms with Gasteiger partial charge in [-0.15, -0.1) is 0 Å². The highest BCUT2D eigenvalue weighted by Crippen LogP contribution is 2.20. The van der Waals surface area contributed by atoms with Crippen LogP contribution in [-0.2, 0) is 11.2 Å². The number of hydrogen-bond acceptors (Lipinski definition) is 3. The van der Waals surface area contributed by atoms with Crippen molar-refractivity contribution in [3.05, 3.63) is 59.2 Å². The van der Waals surface area contributed by atoms with E-state index in [0.29, 0.717) is 5.75 Å². The molecule has 22 heavy (non-hydrogen) atoms. The molecule has 0 bridgehead atoms. The molecule has 0 unspecified atom stereocenters. The van der Waals surface area contributed by atoms with E-state index in [4.69, 9.17) is 9.47 Å². The molecule has 0 N–H and O–H groups in total. The Balaban J connectivity index is 1.89. The van der Waals surface area contributed by atoms with Crippen molar-refractivity contribution in [2.24, 2.45) is 0 Å². The molecule has 0 aliphatic carbocycles. The zero-order valence-corrected chi connectivity index (χ0v) is 13.4. The lowest BCUT2D eigenvalue weighted by Gasteiger charge is -2.10. The van der Waals surface area contributed by atoms with Gasteiger partial charge in [0.1, 0.15) is 11.5 Å². The first-order valence-corrected chi connectivity index (χ1v) is 7.58. The summed E-state index contributed by atoms with van der Waals surface area (Å²) in [6.45, 7) is 6.03. The van der Waals surface area contributed by atoms with Gasteiger partial charge in [-0.2, -0.15) is 0 Å². The molecule has 0 aliphatic rings. The van der Waals surface area contributed by atoms with Crippen molar-refractivity contribution in [1.82, 2.24) is 0 Å². The second-order valence-corrected chi connectivity index (χ2v) is 5.35. The Morgan fingerprint density at radius 2 is 1.77 bits per heavy atom. The smallest absolute Gasteiger partial charge is 0.349 e. The lowest BCUT2D eigenvalue weighted by atomic mass is 10.1. The maximum Gasteiger partial charge on any atom is 0.349 e. The van der Waals surface area contributed by atoms with E-state index in [1.54, 1.807) is 0 Å². The van der Waals surface area contributed by atoms with Crippen molar-refractivity contribution in [1.29, 1.82) is 0 Å². The molecule has 0 aliphatic heterocycles. The van der Waals surface area contributed by atoms with Crippen molar-refractivity contribution in [3.63, 3.8) is 0 Å². The third-order valence-electron chi connectivity index (χ3n) is 3.59. The Kier molecular flexibility index (Phi) is 5.59. The van der Waals surface area contributed by atoms with E-state index in [1.165, 1.54) is 5.56 Å². The van der Waals surface area contributed by atoms with Crippen LogP contribution in [0.3, 0.4) is 0 Å². The molecule has 0 fully saturated rings. The summed E-state index contributed by atoms with van der Waals surface area (Å²) in [5, 5.41) is 0. The molecule has 0 radical (unpaired) electrons. The van der Waals surface area contributed by atoms with E-state index < -0.39 is 5.97 Å². The van der Waals surface area contributed by atoms with E-state index in [-0.39, 0.29) is 6.61 Å². The minimum Gasteiger partial charge on any atom is -0.482 e. The van der Waals surface area contributed by atoms with Crippen LogP contribution >= 0.6 is 0 Å². The summed E-state index contributed by atoms with van der Waals surface area (Å²) in [4.78, 5) is 11.8. The van der Waals surface area contributed by atoms with Gasteiger partial charge in [0, 0.05) is 0 Å². The number of aryl methyl sites for hydroxylation is 2. The predicted molar refractivity (Wildman–Crippen MR) is 87.5 cm³/mol. The number of benzene rings is 2. The molecule has 0 saturated heterocycles. The van der Waals surface area contributed by atoms with Crippen LogP contribution in [-0.4, -0.2) is 12.6 Å². The van der Waals surface area contributed by atoms with Crippen molar-refractivity contribution in [3.8, 4) is 11.5 Å². The van der Waals surface area contributed by atoms with Crippen LogP contribution in [0.5, 0.6) is 11.5 Å². The molecule has 3 heteroatoms. The van der Waals surface area contributed by atoms with Crippen molar-refractivity contribution in [2.75, 3.05) is 6.61 Å². The SMILES string of the molecule is CCCc1ccc(OC(=O)COc2cccc(C)c2C)cc1. The summed E-state index contributed by atoms with van der Waals surface area (Å²) in [5.74, 6) is 0.869. The molecule has 0 atom stereocenters. The van der Waals surface area contributed by atoms with Gasteiger partial charge in [0.15, 0.2) is 6.61 Å². The van der Waals surface area contributed by atoms with Crippen molar-refractivity contribution in [2.45, 2.75) is 33.6 Å². The molecule has 0 heterocycles.